The van der Waals surface area contributed by atoms with E-state index in [0.29, 0.717) is 10.0 Å². The van der Waals surface area contributed by atoms with Crippen molar-refractivity contribution in [3.05, 3.63) is 52.3 Å². The second kappa shape index (κ2) is 8.20. The summed E-state index contributed by atoms with van der Waals surface area (Å²) in [6.45, 7) is 3.78. The Bertz CT molecular complexity index is 876. The highest BCUT2D eigenvalue weighted by molar-refractivity contribution is 7.14. The summed E-state index contributed by atoms with van der Waals surface area (Å²) in [7, 11) is 0. The number of carbonyl (C=O) groups is 2. The Labute approximate surface area is 159 Å². The standard InChI is InChI=1S/C18H18N4O2S2/c1-11(2)15(21-16(23)14-6-4-8-25-14)17(24)22-18-20-13(10-26-18)12-5-3-7-19-9-12/h3-11,15H,1-2H3,(H,21,23)(H,20,22,24). The Balaban J connectivity index is 1.68. The summed E-state index contributed by atoms with van der Waals surface area (Å²) < 4.78 is 0. The van der Waals surface area contributed by atoms with Gasteiger partial charge in [0.1, 0.15) is 6.04 Å². The molecule has 0 aromatic carbocycles. The van der Waals surface area contributed by atoms with Gasteiger partial charge in [-0.2, -0.15) is 0 Å². The van der Waals surface area contributed by atoms with Crippen LogP contribution in [-0.4, -0.2) is 27.8 Å². The summed E-state index contributed by atoms with van der Waals surface area (Å²) in [5, 5.41) is 9.79. The molecular weight excluding hydrogens is 368 g/mol. The number of thiazole rings is 1. The number of nitrogens with zero attached hydrogens (tertiary/aromatic N) is 2. The fourth-order valence-electron chi connectivity index (χ4n) is 2.32. The maximum Gasteiger partial charge on any atom is 0.262 e. The second-order valence-electron chi connectivity index (χ2n) is 5.94. The van der Waals surface area contributed by atoms with Crippen LogP contribution in [0.3, 0.4) is 0 Å². The first kappa shape index (κ1) is 18.2. The van der Waals surface area contributed by atoms with Crippen molar-refractivity contribution in [1.29, 1.82) is 0 Å². The number of nitrogens with one attached hydrogen (secondary N) is 2. The molecule has 1 atom stereocenters. The molecule has 1 unspecified atom stereocenters. The molecule has 3 rings (SSSR count). The van der Waals surface area contributed by atoms with Gasteiger partial charge in [-0.3, -0.25) is 14.6 Å². The Morgan fingerprint density at radius 3 is 2.65 bits per heavy atom. The largest absolute Gasteiger partial charge is 0.339 e. The summed E-state index contributed by atoms with van der Waals surface area (Å²) >= 11 is 2.68. The first-order valence-corrected chi connectivity index (χ1v) is 9.81. The van der Waals surface area contributed by atoms with E-state index >= 15 is 0 Å². The molecule has 26 heavy (non-hydrogen) atoms. The molecule has 6 nitrogen and oxygen atoms in total. The van der Waals surface area contributed by atoms with Crippen LogP contribution in [0, 0.1) is 5.92 Å². The van der Waals surface area contributed by atoms with Gasteiger partial charge in [0.2, 0.25) is 5.91 Å². The number of rotatable bonds is 6. The smallest absolute Gasteiger partial charge is 0.262 e. The van der Waals surface area contributed by atoms with Crippen molar-refractivity contribution < 1.29 is 9.59 Å². The first-order chi connectivity index (χ1) is 12.5. The molecule has 0 bridgehead atoms. The summed E-state index contributed by atoms with van der Waals surface area (Å²) in [4.78, 5) is 34.0. The third kappa shape index (κ3) is 4.33. The van der Waals surface area contributed by atoms with Crippen LogP contribution in [0.4, 0.5) is 5.13 Å². The van der Waals surface area contributed by atoms with Gasteiger partial charge in [-0.1, -0.05) is 19.9 Å². The van der Waals surface area contributed by atoms with Crippen molar-refractivity contribution in [3.63, 3.8) is 0 Å². The number of carbonyl (C=O) groups excluding carboxylic acids is 2. The Morgan fingerprint density at radius 1 is 1.15 bits per heavy atom. The third-order valence-electron chi connectivity index (χ3n) is 3.67. The van der Waals surface area contributed by atoms with Gasteiger partial charge in [0.15, 0.2) is 5.13 Å². The van der Waals surface area contributed by atoms with Gasteiger partial charge in [-0.05, 0) is 29.5 Å². The van der Waals surface area contributed by atoms with E-state index in [1.807, 2.05) is 36.7 Å². The lowest BCUT2D eigenvalue weighted by Crippen LogP contribution is -2.46. The molecular formula is C18H18N4O2S2. The van der Waals surface area contributed by atoms with Crippen LogP contribution in [-0.2, 0) is 4.79 Å². The molecule has 2 N–H and O–H groups in total. The molecule has 0 aliphatic carbocycles. The van der Waals surface area contributed by atoms with Crippen LogP contribution < -0.4 is 10.6 Å². The fourth-order valence-corrected chi connectivity index (χ4v) is 3.67. The minimum Gasteiger partial charge on any atom is -0.339 e. The quantitative estimate of drug-likeness (QED) is 0.677. The van der Waals surface area contributed by atoms with E-state index in [-0.39, 0.29) is 17.7 Å². The molecule has 0 aliphatic rings. The minimum atomic E-state index is -0.643. The Hall–Kier alpha value is -2.58. The highest BCUT2D eigenvalue weighted by Gasteiger charge is 2.25. The molecule has 3 heterocycles. The number of hydrogen-bond donors (Lipinski definition) is 2. The predicted octanol–water partition coefficient (Wildman–Crippen LogP) is 3.66. The molecule has 0 radical (unpaired) electrons. The zero-order chi connectivity index (χ0) is 18.5. The highest BCUT2D eigenvalue weighted by atomic mass is 32.1. The Morgan fingerprint density at radius 2 is 2.00 bits per heavy atom. The van der Waals surface area contributed by atoms with Crippen LogP contribution in [0.25, 0.3) is 11.3 Å². The van der Waals surface area contributed by atoms with Crippen molar-refractivity contribution in [3.8, 4) is 11.3 Å². The zero-order valence-electron chi connectivity index (χ0n) is 14.3. The summed E-state index contributed by atoms with van der Waals surface area (Å²) in [5.41, 5.74) is 1.64. The maximum atomic E-state index is 12.6. The number of pyridine rings is 1. The van der Waals surface area contributed by atoms with Crippen LogP contribution in [0.5, 0.6) is 0 Å². The summed E-state index contributed by atoms with van der Waals surface area (Å²) in [6, 6.07) is 6.64. The van der Waals surface area contributed by atoms with Gasteiger partial charge in [0, 0.05) is 23.3 Å². The van der Waals surface area contributed by atoms with Crippen molar-refractivity contribution in [1.82, 2.24) is 15.3 Å². The molecule has 0 saturated carbocycles. The Kier molecular flexibility index (Phi) is 5.75. The monoisotopic (exact) mass is 386 g/mol. The molecule has 0 aliphatic heterocycles. The van der Waals surface area contributed by atoms with Crippen molar-refractivity contribution in [2.75, 3.05) is 5.32 Å². The highest BCUT2D eigenvalue weighted by Crippen LogP contribution is 2.24. The molecule has 0 saturated heterocycles. The summed E-state index contributed by atoms with van der Waals surface area (Å²) in [6.07, 6.45) is 3.42. The minimum absolute atomic E-state index is 0.0586. The van der Waals surface area contributed by atoms with Gasteiger partial charge < -0.3 is 10.6 Å². The van der Waals surface area contributed by atoms with E-state index in [2.05, 4.69) is 20.6 Å². The third-order valence-corrected chi connectivity index (χ3v) is 5.30. The fraction of sp³-hybridized carbons (Fsp3) is 0.222. The molecule has 3 aromatic heterocycles. The van der Waals surface area contributed by atoms with Crippen molar-refractivity contribution in [2.24, 2.45) is 5.92 Å². The van der Waals surface area contributed by atoms with E-state index in [1.165, 1.54) is 22.7 Å². The zero-order valence-corrected chi connectivity index (χ0v) is 15.9. The topological polar surface area (TPSA) is 84.0 Å². The van der Waals surface area contributed by atoms with E-state index < -0.39 is 6.04 Å². The number of amides is 2. The van der Waals surface area contributed by atoms with Crippen LogP contribution in [0.2, 0.25) is 0 Å². The van der Waals surface area contributed by atoms with E-state index in [0.717, 1.165) is 11.3 Å². The second-order valence-corrected chi connectivity index (χ2v) is 7.75. The van der Waals surface area contributed by atoms with Gasteiger partial charge in [-0.25, -0.2) is 4.98 Å². The molecule has 134 valence electrons. The summed E-state index contributed by atoms with van der Waals surface area (Å²) in [5.74, 6) is -0.585. The van der Waals surface area contributed by atoms with Gasteiger partial charge >= 0.3 is 0 Å². The van der Waals surface area contributed by atoms with Crippen LogP contribution in [0.1, 0.15) is 23.5 Å². The number of hydrogen-bond acceptors (Lipinski definition) is 6. The lowest BCUT2D eigenvalue weighted by Gasteiger charge is -2.20. The van der Waals surface area contributed by atoms with Crippen molar-refractivity contribution >= 4 is 39.6 Å². The number of thiophene rings is 1. The number of aromatic nitrogens is 2. The molecule has 0 spiro atoms. The van der Waals surface area contributed by atoms with E-state index in [9.17, 15) is 9.59 Å². The predicted molar refractivity (Wildman–Crippen MR) is 104 cm³/mol. The lowest BCUT2D eigenvalue weighted by molar-refractivity contribution is -0.118. The van der Waals surface area contributed by atoms with Gasteiger partial charge in [0.05, 0.1) is 10.6 Å². The molecule has 2 amide bonds. The normalized spacial score (nSPS) is 12.0. The maximum absolute atomic E-state index is 12.6. The van der Waals surface area contributed by atoms with Gasteiger partial charge in [0.25, 0.3) is 5.91 Å². The van der Waals surface area contributed by atoms with Crippen molar-refractivity contribution in [2.45, 2.75) is 19.9 Å². The average Bonchev–Trinajstić information content (AvgIpc) is 3.32. The van der Waals surface area contributed by atoms with Crippen LogP contribution in [0.15, 0.2) is 47.4 Å². The molecule has 0 fully saturated rings. The lowest BCUT2D eigenvalue weighted by atomic mass is 10.0. The average molecular weight is 387 g/mol. The van der Waals surface area contributed by atoms with E-state index in [1.54, 1.807) is 24.5 Å². The van der Waals surface area contributed by atoms with Crippen LogP contribution >= 0.6 is 22.7 Å². The first-order valence-electron chi connectivity index (χ1n) is 8.05. The van der Waals surface area contributed by atoms with Gasteiger partial charge in [-0.15, -0.1) is 22.7 Å². The van der Waals surface area contributed by atoms with E-state index in [4.69, 9.17) is 0 Å². The molecule has 3 aromatic rings. The SMILES string of the molecule is CC(C)C(NC(=O)c1cccs1)C(=O)Nc1nc(-c2cccnc2)cs1. The number of anilines is 1. The molecule has 8 heteroatoms.